The van der Waals surface area contributed by atoms with Gasteiger partial charge in [-0.2, -0.15) is 4.98 Å². The lowest BCUT2D eigenvalue weighted by atomic mass is 10.2. The Labute approximate surface area is 115 Å². The minimum absolute atomic E-state index is 0.376. The van der Waals surface area contributed by atoms with Crippen molar-refractivity contribution in [3.63, 3.8) is 0 Å². The second-order valence-corrected chi connectivity index (χ2v) is 4.38. The Morgan fingerprint density at radius 1 is 1.35 bits per heavy atom. The average molecular weight is 270 g/mol. The molecule has 0 aliphatic heterocycles. The van der Waals surface area contributed by atoms with Crippen molar-refractivity contribution in [1.82, 2.24) is 24.7 Å². The molecule has 0 spiro atoms. The van der Waals surface area contributed by atoms with Gasteiger partial charge in [-0.3, -0.25) is 4.98 Å². The zero-order valence-electron chi connectivity index (χ0n) is 11.0. The highest BCUT2D eigenvalue weighted by molar-refractivity contribution is 5.56. The topological polar surface area (TPSA) is 95.7 Å². The first-order valence-corrected chi connectivity index (χ1v) is 6.26. The van der Waals surface area contributed by atoms with E-state index >= 15 is 0 Å². The number of nitrogens with zero attached hydrogens (tertiary/aromatic N) is 5. The van der Waals surface area contributed by atoms with Crippen LogP contribution in [-0.4, -0.2) is 31.2 Å². The summed E-state index contributed by atoms with van der Waals surface area (Å²) in [6.45, 7) is 3.21. The van der Waals surface area contributed by atoms with E-state index in [1.165, 1.54) is 0 Å². The van der Waals surface area contributed by atoms with Gasteiger partial charge in [0, 0.05) is 25.5 Å². The second kappa shape index (κ2) is 5.22. The lowest BCUT2D eigenvalue weighted by Crippen LogP contribution is -2.07. The molecule has 3 heterocycles. The first kappa shape index (κ1) is 12.5. The van der Waals surface area contributed by atoms with Crippen LogP contribution in [-0.2, 0) is 6.54 Å². The highest BCUT2D eigenvalue weighted by Crippen LogP contribution is 2.21. The largest absolute Gasteiger partial charge is 0.335 e. The van der Waals surface area contributed by atoms with Crippen LogP contribution in [0.15, 0.2) is 35.4 Å². The molecule has 0 bridgehead atoms. The summed E-state index contributed by atoms with van der Waals surface area (Å²) in [7, 11) is 0. The summed E-state index contributed by atoms with van der Waals surface area (Å²) in [4.78, 5) is 12.8. The van der Waals surface area contributed by atoms with Crippen LogP contribution in [0.25, 0.3) is 23.1 Å². The molecule has 2 N–H and O–H groups in total. The Bertz CT molecular complexity index is 717. The van der Waals surface area contributed by atoms with E-state index in [1.54, 1.807) is 12.5 Å². The van der Waals surface area contributed by atoms with E-state index in [2.05, 4.69) is 20.1 Å². The molecule has 7 nitrogen and oxygen atoms in total. The predicted octanol–water partition coefficient (Wildman–Crippen LogP) is 1.26. The molecule has 3 aromatic rings. The molecule has 0 aliphatic carbocycles. The quantitative estimate of drug-likeness (QED) is 0.766. The van der Waals surface area contributed by atoms with Crippen LogP contribution < -0.4 is 5.73 Å². The number of hydrogen-bond acceptors (Lipinski definition) is 6. The molecule has 0 unspecified atom stereocenters. The van der Waals surface area contributed by atoms with Crippen molar-refractivity contribution >= 4 is 0 Å². The third-order valence-corrected chi connectivity index (χ3v) is 2.89. The van der Waals surface area contributed by atoms with E-state index < -0.39 is 0 Å². The summed E-state index contributed by atoms with van der Waals surface area (Å²) in [6, 6.07) is 3.82. The van der Waals surface area contributed by atoms with Crippen LogP contribution in [0.5, 0.6) is 0 Å². The summed E-state index contributed by atoms with van der Waals surface area (Å²) in [5.74, 6) is 0.840. The summed E-state index contributed by atoms with van der Waals surface area (Å²) in [6.07, 6.45) is 5.22. The van der Waals surface area contributed by atoms with Crippen molar-refractivity contribution < 1.29 is 4.52 Å². The van der Waals surface area contributed by atoms with Crippen LogP contribution in [0.3, 0.4) is 0 Å². The van der Waals surface area contributed by atoms with Crippen LogP contribution in [0.1, 0.15) is 5.56 Å². The first-order chi connectivity index (χ1) is 9.78. The van der Waals surface area contributed by atoms with Gasteiger partial charge in [-0.1, -0.05) is 11.2 Å². The maximum Gasteiger partial charge on any atom is 0.278 e. The lowest BCUT2D eigenvalue weighted by Gasteiger charge is -1.96. The van der Waals surface area contributed by atoms with Gasteiger partial charge in [0.15, 0.2) is 0 Å². The number of aromatic nitrogens is 5. The van der Waals surface area contributed by atoms with Gasteiger partial charge < -0.3 is 14.8 Å². The highest BCUT2D eigenvalue weighted by Gasteiger charge is 2.14. The van der Waals surface area contributed by atoms with Crippen LogP contribution in [0, 0.1) is 6.92 Å². The van der Waals surface area contributed by atoms with Gasteiger partial charge in [0.05, 0.1) is 6.33 Å². The molecule has 0 fully saturated rings. The van der Waals surface area contributed by atoms with Crippen molar-refractivity contribution in [2.45, 2.75) is 13.5 Å². The number of nitrogens with two attached hydrogens (primary N) is 1. The predicted molar refractivity (Wildman–Crippen MR) is 72.5 cm³/mol. The first-order valence-electron chi connectivity index (χ1n) is 6.26. The average Bonchev–Trinajstić information content (AvgIpc) is 3.08. The molecule has 0 radical (unpaired) electrons. The number of hydrogen-bond donors (Lipinski definition) is 1. The molecule has 7 heteroatoms. The van der Waals surface area contributed by atoms with E-state index in [4.69, 9.17) is 10.3 Å². The Hall–Kier alpha value is -2.54. The molecule has 0 saturated heterocycles. The Balaban J connectivity index is 1.91. The monoisotopic (exact) mass is 270 g/mol. The Morgan fingerprint density at radius 2 is 2.25 bits per heavy atom. The number of imidazole rings is 1. The van der Waals surface area contributed by atoms with E-state index in [9.17, 15) is 0 Å². The van der Waals surface area contributed by atoms with Crippen LogP contribution >= 0.6 is 0 Å². The van der Waals surface area contributed by atoms with Gasteiger partial charge >= 0.3 is 0 Å². The molecule has 0 aliphatic rings. The molecule has 0 saturated carbocycles. The molecule has 0 aromatic carbocycles. The SMILES string of the molecule is Cc1cccnc1-c1noc(-c2cn(CCN)cn2)n1. The minimum atomic E-state index is 0.376. The number of pyridine rings is 1. The maximum absolute atomic E-state index is 5.50. The molecular formula is C13H14N6O. The third kappa shape index (κ3) is 2.30. The summed E-state index contributed by atoms with van der Waals surface area (Å²) >= 11 is 0. The second-order valence-electron chi connectivity index (χ2n) is 4.38. The molecular weight excluding hydrogens is 256 g/mol. The van der Waals surface area contributed by atoms with Crippen molar-refractivity contribution in [2.24, 2.45) is 5.73 Å². The van der Waals surface area contributed by atoms with E-state index in [0.29, 0.717) is 36.2 Å². The fourth-order valence-electron chi connectivity index (χ4n) is 1.89. The van der Waals surface area contributed by atoms with Gasteiger partial charge in [0.25, 0.3) is 5.89 Å². The van der Waals surface area contributed by atoms with Gasteiger partial charge in [-0.05, 0) is 18.6 Å². The fraction of sp³-hybridized carbons (Fsp3) is 0.231. The standard InChI is InChI=1S/C13H14N6O/c1-9-3-2-5-15-11(9)12-17-13(20-18-12)10-7-19(6-4-14)8-16-10/h2-3,5,7-8H,4,6,14H2,1H3. The molecule has 3 rings (SSSR count). The van der Waals surface area contributed by atoms with Gasteiger partial charge in [-0.25, -0.2) is 4.98 Å². The van der Waals surface area contributed by atoms with Crippen LogP contribution in [0.4, 0.5) is 0 Å². The smallest absolute Gasteiger partial charge is 0.278 e. The van der Waals surface area contributed by atoms with Crippen molar-refractivity contribution in [3.8, 4) is 23.1 Å². The van der Waals surface area contributed by atoms with E-state index in [0.717, 1.165) is 5.56 Å². The van der Waals surface area contributed by atoms with Gasteiger partial charge in [-0.15, -0.1) is 0 Å². The number of rotatable bonds is 4. The zero-order chi connectivity index (χ0) is 13.9. The summed E-state index contributed by atoms with van der Waals surface area (Å²) in [5.41, 5.74) is 7.83. The molecule has 0 atom stereocenters. The zero-order valence-corrected chi connectivity index (χ0v) is 11.0. The minimum Gasteiger partial charge on any atom is -0.335 e. The lowest BCUT2D eigenvalue weighted by molar-refractivity contribution is 0.431. The normalized spacial score (nSPS) is 10.9. The highest BCUT2D eigenvalue weighted by atomic mass is 16.5. The Morgan fingerprint density at radius 3 is 3.05 bits per heavy atom. The van der Waals surface area contributed by atoms with Crippen molar-refractivity contribution in [1.29, 1.82) is 0 Å². The van der Waals surface area contributed by atoms with Crippen molar-refractivity contribution in [2.75, 3.05) is 6.54 Å². The molecule has 3 aromatic heterocycles. The van der Waals surface area contributed by atoms with E-state index in [1.807, 2.05) is 29.8 Å². The fourth-order valence-corrected chi connectivity index (χ4v) is 1.89. The maximum atomic E-state index is 5.50. The molecule has 20 heavy (non-hydrogen) atoms. The van der Waals surface area contributed by atoms with Gasteiger partial charge in [0.1, 0.15) is 11.4 Å². The van der Waals surface area contributed by atoms with Gasteiger partial charge in [0.2, 0.25) is 5.82 Å². The Kier molecular flexibility index (Phi) is 3.26. The summed E-state index contributed by atoms with van der Waals surface area (Å²) < 4.78 is 7.12. The number of aryl methyl sites for hydroxylation is 1. The van der Waals surface area contributed by atoms with Crippen molar-refractivity contribution in [3.05, 3.63) is 36.4 Å². The third-order valence-electron chi connectivity index (χ3n) is 2.89. The molecule has 0 amide bonds. The van der Waals surface area contributed by atoms with E-state index in [-0.39, 0.29) is 0 Å². The summed E-state index contributed by atoms with van der Waals surface area (Å²) in [5, 5.41) is 3.96. The molecule has 102 valence electrons. The van der Waals surface area contributed by atoms with Crippen LogP contribution in [0.2, 0.25) is 0 Å².